The summed E-state index contributed by atoms with van der Waals surface area (Å²) in [7, 11) is 0. The first-order valence-corrected chi connectivity index (χ1v) is 5.86. The minimum atomic E-state index is -0.680. The highest BCUT2D eigenvalue weighted by Gasteiger charge is 2.11. The maximum Gasteiger partial charge on any atom is 0.309 e. The third-order valence-electron chi connectivity index (χ3n) is 2.28. The number of amides is 3. The molecule has 0 radical (unpaired) electrons. The molecule has 0 spiro atoms. The number of pyridine rings is 1. The summed E-state index contributed by atoms with van der Waals surface area (Å²) in [6.45, 7) is 1.08. The average molecular weight is 264 g/mol. The standard InChI is InChI=1S/C12H16N4O3/c17-9-14-4-1-5-15-11(18)12(19)16-8-10-2-6-13-7-3-10/h2-3,6-7,9H,1,4-5,8H2,(H,14,17)(H,15,18)(H,16,19). The van der Waals surface area contributed by atoms with Crippen molar-refractivity contribution >= 4 is 18.2 Å². The topological polar surface area (TPSA) is 100 Å². The Bertz CT molecular complexity index is 422. The third kappa shape index (κ3) is 6.16. The van der Waals surface area contributed by atoms with Crippen LogP contribution in [0.15, 0.2) is 24.5 Å². The van der Waals surface area contributed by atoms with E-state index in [-0.39, 0.29) is 6.54 Å². The van der Waals surface area contributed by atoms with Gasteiger partial charge in [0, 0.05) is 32.0 Å². The molecule has 1 heterocycles. The van der Waals surface area contributed by atoms with Crippen LogP contribution in [0.3, 0.4) is 0 Å². The van der Waals surface area contributed by atoms with Gasteiger partial charge < -0.3 is 16.0 Å². The fourth-order valence-corrected chi connectivity index (χ4v) is 1.29. The van der Waals surface area contributed by atoms with E-state index >= 15 is 0 Å². The second-order valence-electron chi connectivity index (χ2n) is 3.72. The average Bonchev–Trinajstić information content (AvgIpc) is 2.45. The maximum atomic E-state index is 11.4. The summed E-state index contributed by atoms with van der Waals surface area (Å²) in [6, 6.07) is 3.51. The number of nitrogens with one attached hydrogen (secondary N) is 3. The molecule has 7 heteroatoms. The van der Waals surface area contributed by atoms with Gasteiger partial charge in [-0.25, -0.2) is 0 Å². The van der Waals surface area contributed by atoms with E-state index in [1.54, 1.807) is 24.5 Å². The number of rotatable bonds is 7. The zero-order valence-electron chi connectivity index (χ0n) is 10.4. The Hall–Kier alpha value is -2.44. The largest absolute Gasteiger partial charge is 0.359 e. The summed E-state index contributed by atoms with van der Waals surface area (Å²) in [4.78, 5) is 36.6. The van der Waals surface area contributed by atoms with Crippen molar-refractivity contribution in [1.29, 1.82) is 0 Å². The first kappa shape index (κ1) is 14.6. The molecule has 0 atom stereocenters. The van der Waals surface area contributed by atoms with E-state index < -0.39 is 11.8 Å². The molecule has 1 aromatic heterocycles. The summed E-state index contributed by atoms with van der Waals surface area (Å²) in [6.07, 6.45) is 4.38. The molecule has 7 nitrogen and oxygen atoms in total. The molecule has 3 N–H and O–H groups in total. The molecule has 0 aliphatic rings. The molecule has 1 rings (SSSR count). The summed E-state index contributed by atoms with van der Waals surface area (Å²) < 4.78 is 0. The number of carbonyl (C=O) groups is 3. The molecule has 3 amide bonds. The van der Waals surface area contributed by atoms with Gasteiger partial charge in [-0.05, 0) is 24.1 Å². The van der Waals surface area contributed by atoms with Gasteiger partial charge in [0.1, 0.15) is 0 Å². The number of hydrogen-bond donors (Lipinski definition) is 3. The quantitative estimate of drug-likeness (QED) is 0.332. The number of carbonyl (C=O) groups excluding carboxylic acids is 3. The van der Waals surface area contributed by atoms with E-state index in [4.69, 9.17) is 0 Å². The molecule has 1 aromatic rings. The first-order valence-electron chi connectivity index (χ1n) is 5.86. The Labute approximate surface area is 110 Å². The van der Waals surface area contributed by atoms with Gasteiger partial charge in [0.15, 0.2) is 0 Å². The SMILES string of the molecule is O=CNCCCNC(=O)C(=O)NCc1ccncc1. The van der Waals surface area contributed by atoms with E-state index in [2.05, 4.69) is 20.9 Å². The smallest absolute Gasteiger partial charge is 0.309 e. The van der Waals surface area contributed by atoms with Crippen molar-refractivity contribution in [3.63, 3.8) is 0 Å². The minimum absolute atomic E-state index is 0.279. The lowest BCUT2D eigenvalue weighted by atomic mass is 10.3. The predicted molar refractivity (Wildman–Crippen MR) is 67.8 cm³/mol. The molecular weight excluding hydrogens is 248 g/mol. The monoisotopic (exact) mass is 264 g/mol. The third-order valence-corrected chi connectivity index (χ3v) is 2.28. The van der Waals surface area contributed by atoms with Crippen LogP contribution in [0.25, 0.3) is 0 Å². The van der Waals surface area contributed by atoms with Gasteiger partial charge in [-0.3, -0.25) is 19.4 Å². The molecule has 0 fully saturated rings. The van der Waals surface area contributed by atoms with Gasteiger partial charge in [0.05, 0.1) is 0 Å². The Morgan fingerprint density at radius 2 is 1.79 bits per heavy atom. The van der Waals surface area contributed by atoms with E-state index in [9.17, 15) is 14.4 Å². The molecular formula is C12H16N4O3. The molecule has 0 saturated carbocycles. The van der Waals surface area contributed by atoms with Gasteiger partial charge >= 0.3 is 11.8 Å². The van der Waals surface area contributed by atoms with Gasteiger partial charge in [-0.15, -0.1) is 0 Å². The van der Waals surface area contributed by atoms with E-state index in [0.717, 1.165) is 5.56 Å². The highest BCUT2D eigenvalue weighted by molar-refractivity contribution is 6.35. The fourth-order valence-electron chi connectivity index (χ4n) is 1.29. The zero-order chi connectivity index (χ0) is 13.9. The predicted octanol–water partition coefficient (Wildman–Crippen LogP) is -1.05. The highest BCUT2D eigenvalue weighted by Crippen LogP contribution is 1.94. The molecule has 0 aromatic carbocycles. The normalized spacial score (nSPS) is 9.47. The van der Waals surface area contributed by atoms with Crippen LogP contribution in [-0.2, 0) is 20.9 Å². The van der Waals surface area contributed by atoms with Crippen LogP contribution in [0.4, 0.5) is 0 Å². The second kappa shape index (κ2) is 8.62. The Kier molecular flexibility index (Phi) is 6.63. The Balaban J connectivity index is 2.18. The van der Waals surface area contributed by atoms with Gasteiger partial charge in [-0.2, -0.15) is 0 Å². The van der Waals surface area contributed by atoms with Gasteiger partial charge in [0.2, 0.25) is 6.41 Å². The summed E-state index contributed by atoms with van der Waals surface area (Å²) in [5.74, 6) is -1.36. The van der Waals surface area contributed by atoms with Gasteiger partial charge in [-0.1, -0.05) is 0 Å². The number of aromatic nitrogens is 1. The fraction of sp³-hybridized carbons (Fsp3) is 0.333. The van der Waals surface area contributed by atoms with Crippen LogP contribution in [0.2, 0.25) is 0 Å². The van der Waals surface area contributed by atoms with Crippen molar-refractivity contribution in [2.75, 3.05) is 13.1 Å². The Morgan fingerprint density at radius 1 is 1.11 bits per heavy atom. The maximum absolute atomic E-state index is 11.4. The van der Waals surface area contributed by atoms with Crippen molar-refractivity contribution in [3.05, 3.63) is 30.1 Å². The van der Waals surface area contributed by atoms with Crippen molar-refractivity contribution in [2.24, 2.45) is 0 Å². The molecule has 102 valence electrons. The van der Waals surface area contributed by atoms with Crippen LogP contribution < -0.4 is 16.0 Å². The van der Waals surface area contributed by atoms with Crippen LogP contribution in [0, 0.1) is 0 Å². The molecule has 19 heavy (non-hydrogen) atoms. The van der Waals surface area contributed by atoms with Crippen molar-refractivity contribution < 1.29 is 14.4 Å². The Morgan fingerprint density at radius 3 is 2.47 bits per heavy atom. The lowest BCUT2D eigenvalue weighted by Crippen LogP contribution is -2.40. The van der Waals surface area contributed by atoms with E-state index in [0.29, 0.717) is 25.9 Å². The van der Waals surface area contributed by atoms with E-state index in [1.165, 1.54) is 0 Å². The van der Waals surface area contributed by atoms with Crippen molar-refractivity contribution in [2.45, 2.75) is 13.0 Å². The zero-order valence-corrected chi connectivity index (χ0v) is 10.4. The van der Waals surface area contributed by atoms with Crippen LogP contribution in [0.5, 0.6) is 0 Å². The van der Waals surface area contributed by atoms with Crippen molar-refractivity contribution in [1.82, 2.24) is 20.9 Å². The number of hydrogen-bond acceptors (Lipinski definition) is 4. The summed E-state index contributed by atoms with van der Waals surface area (Å²) in [5, 5.41) is 7.42. The molecule has 0 aliphatic carbocycles. The lowest BCUT2D eigenvalue weighted by Gasteiger charge is -2.06. The van der Waals surface area contributed by atoms with Crippen LogP contribution in [0.1, 0.15) is 12.0 Å². The minimum Gasteiger partial charge on any atom is -0.359 e. The second-order valence-corrected chi connectivity index (χ2v) is 3.72. The van der Waals surface area contributed by atoms with E-state index in [1.807, 2.05) is 0 Å². The van der Waals surface area contributed by atoms with Crippen LogP contribution >= 0.6 is 0 Å². The highest BCUT2D eigenvalue weighted by atomic mass is 16.2. The summed E-state index contributed by atoms with van der Waals surface area (Å²) in [5.41, 5.74) is 0.867. The number of nitrogens with zero attached hydrogens (tertiary/aromatic N) is 1. The molecule has 0 aliphatic heterocycles. The molecule has 0 bridgehead atoms. The molecule has 0 unspecified atom stereocenters. The van der Waals surface area contributed by atoms with Gasteiger partial charge in [0.25, 0.3) is 0 Å². The molecule has 0 saturated heterocycles. The summed E-state index contributed by atoms with van der Waals surface area (Å²) >= 11 is 0. The lowest BCUT2D eigenvalue weighted by molar-refractivity contribution is -0.139. The van der Waals surface area contributed by atoms with Crippen LogP contribution in [-0.4, -0.2) is 36.3 Å². The first-order chi connectivity index (χ1) is 9.24. The van der Waals surface area contributed by atoms with Crippen molar-refractivity contribution in [3.8, 4) is 0 Å².